The Bertz CT molecular complexity index is 464. The third-order valence-electron chi connectivity index (χ3n) is 3.03. The lowest BCUT2D eigenvalue weighted by atomic mass is 10.4. The topological polar surface area (TPSA) is 70.4 Å². The van der Waals surface area contributed by atoms with Crippen molar-refractivity contribution in [3.05, 3.63) is 21.6 Å². The SMILES string of the molecule is CCCN(CC)CCNc1cnn(CCO)c(=O)c1Cl. The Morgan fingerprint density at radius 3 is 2.80 bits per heavy atom. The van der Waals surface area contributed by atoms with E-state index >= 15 is 0 Å². The van der Waals surface area contributed by atoms with Crippen molar-refractivity contribution in [1.82, 2.24) is 14.7 Å². The van der Waals surface area contributed by atoms with Gasteiger partial charge in [0.05, 0.1) is 25.0 Å². The maximum Gasteiger partial charge on any atom is 0.287 e. The summed E-state index contributed by atoms with van der Waals surface area (Å²) in [6.45, 7) is 7.94. The van der Waals surface area contributed by atoms with Gasteiger partial charge in [-0.15, -0.1) is 0 Å². The monoisotopic (exact) mass is 302 g/mol. The molecule has 0 saturated carbocycles. The van der Waals surface area contributed by atoms with Crippen molar-refractivity contribution in [3.8, 4) is 0 Å². The Kier molecular flexibility index (Phi) is 7.58. The molecule has 0 saturated heterocycles. The van der Waals surface area contributed by atoms with Gasteiger partial charge < -0.3 is 15.3 Å². The number of nitrogens with one attached hydrogen (secondary N) is 1. The van der Waals surface area contributed by atoms with Gasteiger partial charge in [-0.2, -0.15) is 5.10 Å². The summed E-state index contributed by atoms with van der Waals surface area (Å²) >= 11 is 6.01. The van der Waals surface area contributed by atoms with E-state index in [-0.39, 0.29) is 23.7 Å². The van der Waals surface area contributed by atoms with Crippen LogP contribution in [0.5, 0.6) is 0 Å². The number of nitrogens with zero attached hydrogens (tertiary/aromatic N) is 3. The number of halogens is 1. The van der Waals surface area contributed by atoms with Gasteiger partial charge in [0.2, 0.25) is 0 Å². The van der Waals surface area contributed by atoms with E-state index in [4.69, 9.17) is 16.7 Å². The van der Waals surface area contributed by atoms with E-state index < -0.39 is 0 Å². The number of anilines is 1. The lowest BCUT2D eigenvalue weighted by molar-refractivity contribution is 0.266. The number of hydrogen-bond acceptors (Lipinski definition) is 5. The summed E-state index contributed by atoms with van der Waals surface area (Å²) in [5, 5.41) is 16.0. The van der Waals surface area contributed by atoms with Gasteiger partial charge in [0, 0.05) is 13.1 Å². The fraction of sp³-hybridized carbons (Fsp3) is 0.692. The minimum absolute atomic E-state index is 0.118. The highest BCUT2D eigenvalue weighted by atomic mass is 35.5. The van der Waals surface area contributed by atoms with Crippen LogP contribution in [0.25, 0.3) is 0 Å². The molecule has 0 bridgehead atoms. The first-order valence-corrected chi connectivity index (χ1v) is 7.34. The van der Waals surface area contributed by atoms with E-state index in [0.717, 1.165) is 30.7 Å². The second-order valence-electron chi connectivity index (χ2n) is 4.49. The van der Waals surface area contributed by atoms with Gasteiger partial charge in [-0.05, 0) is 19.5 Å². The highest BCUT2D eigenvalue weighted by Crippen LogP contribution is 2.14. The normalized spacial score (nSPS) is 11.1. The van der Waals surface area contributed by atoms with Crippen LogP contribution in [0.1, 0.15) is 20.3 Å². The number of hydrogen-bond donors (Lipinski definition) is 2. The summed E-state index contributed by atoms with van der Waals surface area (Å²) < 4.78 is 1.16. The van der Waals surface area contributed by atoms with Gasteiger partial charge in [-0.1, -0.05) is 25.4 Å². The van der Waals surface area contributed by atoms with Gasteiger partial charge in [0.15, 0.2) is 0 Å². The van der Waals surface area contributed by atoms with Crippen molar-refractivity contribution in [1.29, 1.82) is 0 Å². The van der Waals surface area contributed by atoms with Crippen molar-refractivity contribution in [2.75, 3.05) is 38.1 Å². The molecular weight excluding hydrogens is 280 g/mol. The summed E-state index contributed by atoms with van der Waals surface area (Å²) in [4.78, 5) is 14.2. The molecule has 1 aromatic heterocycles. The van der Waals surface area contributed by atoms with Crippen LogP contribution in [0.3, 0.4) is 0 Å². The number of aliphatic hydroxyl groups excluding tert-OH is 1. The fourth-order valence-corrected chi connectivity index (χ4v) is 2.15. The highest BCUT2D eigenvalue weighted by molar-refractivity contribution is 6.32. The zero-order chi connectivity index (χ0) is 15.0. The lowest BCUT2D eigenvalue weighted by Crippen LogP contribution is -2.30. The molecule has 0 atom stereocenters. The number of likely N-dealkylation sites (N-methyl/N-ethyl adjacent to an activating group) is 1. The molecule has 20 heavy (non-hydrogen) atoms. The summed E-state index contributed by atoms with van der Waals surface area (Å²) in [7, 11) is 0. The molecule has 0 fully saturated rings. The highest BCUT2D eigenvalue weighted by Gasteiger charge is 2.09. The summed E-state index contributed by atoms with van der Waals surface area (Å²) in [5.74, 6) is 0. The molecule has 0 radical (unpaired) electrons. The van der Waals surface area contributed by atoms with Crippen LogP contribution < -0.4 is 10.9 Å². The van der Waals surface area contributed by atoms with Gasteiger partial charge >= 0.3 is 0 Å². The molecule has 6 nitrogen and oxygen atoms in total. The predicted molar refractivity (Wildman–Crippen MR) is 81.5 cm³/mol. The van der Waals surface area contributed by atoms with Crippen LogP contribution in [-0.4, -0.2) is 52.6 Å². The molecule has 1 aromatic rings. The summed E-state index contributed by atoms with van der Waals surface area (Å²) in [6.07, 6.45) is 2.64. The predicted octanol–water partition coefficient (Wildman–Crippen LogP) is 1.03. The van der Waals surface area contributed by atoms with E-state index in [2.05, 4.69) is 29.2 Å². The summed E-state index contributed by atoms with van der Waals surface area (Å²) in [5.41, 5.74) is 0.157. The van der Waals surface area contributed by atoms with E-state index in [1.165, 1.54) is 6.20 Å². The molecule has 7 heteroatoms. The van der Waals surface area contributed by atoms with E-state index in [9.17, 15) is 4.79 Å². The van der Waals surface area contributed by atoms with Gasteiger partial charge in [-0.3, -0.25) is 4.79 Å². The maximum atomic E-state index is 11.8. The zero-order valence-electron chi connectivity index (χ0n) is 12.1. The van der Waals surface area contributed by atoms with Crippen molar-refractivity contribution >= 4 is 17.3 Å². The van der Waals surface area contributed by atoms with E-state index in [0.29, 0.717) is 12.2 Å². The largest absolute Gasteiger partial charge is 0.394 e. The third kappa shape index (κ3) is 4.77. The number of aromatic nitrogens is 2. The molecule has 114 valence electrons. The lowest BCUT2D eigenvalue weighted by Gasteiger charge is -2.20. The van der Waals surface area contributed by atoms with Crippen LogP contribution in [0.15, 0.2) is 11.0 Å². The average molecular weight is 303 g/mol. The van der Waals surface area contributed by atoms with Gasteiger partial charge in [0.1, 0.15) is 5.02 Å². The average Bonchev–Trinajstić information content (AvgIpc) is 2.45. The molecular formula is C13H23ClN4O2. The Labute approximate surface area is 124 Å². The minimum Gasteiger partial charge on any atom is -0.394 e. The zero-order valence-corrected chi connectivity index (χ0v) is 12.9. The number of aliphatic hydroxyl groups is 1. The first-order valence-electron chi connectivity index (χ1n) is 6.96. The molecule has 0 aliphatic rings. The van der Waals surface area contributed by atoms with Crippen molar-refractivity contribution in [3.63, 3.8) is 0 Å². The molecule has 1 heterocycles. The van der Waals surface area contributed by atoms with Crippen molar-refractivity contribution < 1.29 is 5.11 Å². The molecule has 1 rings (SSSR count). The van der Waals surface area contributed by atoms with E-state index in [1.54, 1.807) is 0 Å². The van der Waals surface area contributed by atoms with Gasteiger partial charge in [-0.25, -0.2) is 4.68 Å². The standard InChI is InChI=1S/C13H23ClN4O2/c1-3-6-17(4-2)7-5-15-11-10-16-18(8-9-19)13(20)12(11)14/h10,15,19H,3-9H2,1-2H3. The van der Waals surface area contributed by atoms with Crippen LogP contribution in [0, 0.1) is 0 Å². The Morgan fingerprint density at radius 2 is 2.20 bits per heavy atom. The quantitative estimate of drug-likeness (QED) is 0.713. The maximum absolute atomic E-state index is 11.8. The van der Waals surface area contributed by atoms with Gasteiger partial charge in [0.25, 0.3) is 5.56 Å². The minimum atomic E-state index is -0.383. The molecule has 0 unspecified atom stereocenters. The molecule has 0 spiro atoms. The Hall–Kier alpha value is -1.11. The molecule has 0 aromatic carbocycles. The van der Waals surface area contributed by atoms with Crippen LogP contribution in [0.4, 0.5) is 5.69 Å². The van der Waals surface area contributed by atoms with E-state index in [1.807, 2.05) is 0 Å². The molecule has 0 aliphatic carbocycles. The first kappa shape index (κ1) is 16.9. The number of rotatable bonds is 9. The fourth-order valence-electron chi connectivity index (χ4n) is 1.94. The second-order valence-corrected chi connectivity index (χ2v) is 4.86. The van der Waals surface area contributed by atoms with Crippen molar-refractivity contribution in [2.24, 2.45) is 0 Å². The Morgan fingerprint density at radius 1 is 1.45 bits per heavy atom. The molecule has 2 N–H and O–H groups in total. The summed E-state index contributed by atoms with van der Waals surface area (Å²) in [6, 6.07) is 0. The van der Waals surface area contributed by atoms with Crippen LogP contribution >= 0.6 is 11.6 Å². The first-order chi connectivity index (χ1) is 9.63. The van der Waals surface area contributed by atoms with Crippen LogP contribution in [-0.2, 0) is 6.54 Å². The molecule has 0 aliphatic heterocycles. The van der Waals surface area contributed by atoms with Crippen molar-refractivity contribution in [2.45, 2.75) is 26.8 Å². The molecule has 0 amide bonds. The van der Waals surface area contributed by atoms with Crippen LogP contribution in [0.2, 0.25) is 5.02 Å². The Balaban J connectivity index is 2.60. The smallest absolute Gasteiger partial charge is 0.287 e. The third-order valence-corrected chi connectivity index (χ3v) is 3.39. The second kappa shape index (κ2) is 8.94.